The molecule has 0 radical (unpaired) electrons. The van der Waals surface area contributed by atoms with Crippen molar-refractivity contribution in [3.8, 4) is 0 Å². The molecule has 6 nitrogen and oxygen atoms in total. The highest BCUT2D eigenvalue weighted by Gasteiger charge is 2.39. The number of carbonyl (C=O) groups is 1. The van der Waals surface area contributed by atoms with Crippen LogP contribution in [0, 0.1) is 12.3 Å². The van der Waals surface area contributed by atoms with Gasteiger partial charge in [0.1, 0.15) is 5.69 Å². The zero-order valence-electron chi connectivity index (χ0n) is 14.3. The molecule has 0 bridgehead atoms. The molecule has 1 heterocycles. The number of aliphatic carboxylic acids is 1. The molecule has 7 heteroatoms. The predicted molar refractivity (Wildman–Crippen MR) is 90.7 cm³/mol. The van der Waals surface area contributed by atoms with Gasteiger partial charge in [0.25, 0.3) is 0 Å². The van der Waals surface area contributed by atoms with E-state index in [-0.39, 0.29) is 6.61 Å². The number of carboxylic acids is 1. The summed E-state index contributed by atoms with van der Waals surface area (Å²) < 4.78 is 7.53. The minimum Gasteiger partial charge on any atom is -0.481 e. The Morgan fingerprint density at radius 1 is 1.46 bits per heavy atom. The molecule has 0 spiro atoms. The van der Waals surface area contributed by atoms with Gasteiger partial charge in [-0.3, -0.25) is 9.48 Å². The number of benzene rings is 1. The van der Waals surface area contributed by atoms with E-state index in [0.717, 1.165) is 16.7 Å². The van der Waals surface area contributed by atoms with Crippen LogP contribution in [-0.2, 0) is 29.1 Å². The molecule has 0 aliphatic carbocycles. The second kappa shape index (κ2) is 7.32. The number of hydrogen-bond acceptors (Lipinski definition) is 4. The Kier molecular flexibility index (Phi) is 5.62. The fourth-order valence-electron chi connectivity index (χ4n) is 2.46. The molecular weight excluding hydrogens is 330 g/mol. The molecule has 0 saturated carbocycles. The molecule has 1 unspecified atom stereocenters. The first-order chi connectivity index (χ1) is 11.3. The maximum absolute atomic E-state index is 11.7. The van der Waals surface area contributed by atoms with Crippen molar-refractivity contribution in [2.45, 2.75) is 39.4 Å². The standard InChI is InChI=1S/C17H22ClN3O3/c1-11-5-6-12(7-13(11)8-18)15(17(2,3)16(22)23)24-10-14-9-21(4)20-19-14/h5-7,9,15H,8,10H2,1-4H3,(H,22,23). The molecule has 0 fully saturated rings. The summed E-state index contributed by atoms with van der Waals surface area (Å²) >= 11 is 5.98. The zero-order chi connectivity index (χ0) is 17.9. The van der Waals surface area contributed by atoms with Gasteiger partial charge in [0.05, 0.1) is 24.3 Å². The number of alkyl halides is 1. The summed E-state index contributed by atoms with van der Waals surface area (Å²) in [4.78, 5) is 11.7. The zero-order valence-corrected chi connectivity index (χ0v) is 15.0. The molecule has 1 atom stereocenters. The normalized spacial score (nSPS) is 13.0. The van der Waals surface area contributed by atoms with Crippen molar-refractivity contribution >= 4 is 17.6 Å². The Balaban J connectivity index is 2.33. The van der Waals surface area contributed by atoms with E-state index in [2.05, 4.69) is 10.3 Å². The van der Waals surface area contributed by atoms with Crippen LogP contribution in [0.25, 0.3) is 0 Å². The number of ether oxygens (including phenoxy) is 1. The van der Waals surface area contributed by atoms with Crippen LogP contribution in [0.3, 0.4) is 0 Å². The summed E-state index contributed by atoms with van der Waals surface area (Å²) in [6.07, 6.45) is 1.10. The Morgan fingerprint density at radius 2 is 2.17 bits per heavy atom. The topological polar surface area (TPSA) is 77.2 Å². The van der Waals surface area contributed by atoms with E-state index in [4.69, 9.17) is 16.3 Å². The molecule has 0 amide bonds. The number of aromatic nitrogens is 3. The first-order valence-corrected chi connectivity index (χ1v) is 8.14. The summed E-state index contributed by atoms with van der Waals surface area (Å²) in [5.41, 5.74) is 2.35. The average molecular weight is 352 g/mol. The van der Waals surface area contributed by atoms with Crippen molar-refractivity contribution in [3.05, 3.63) is 46.8 Å². The molecule has 1 N–H and O–H groups in total. The maximum Gasteiger partial charge on any atom is 0.312 e. The third kappa shape index (κ3) is 3.94. The van der Waals surface area contributed by atoms with E-state index in [0.29, 0.717) is 11.6 Å². The molecule has 24 heavy (non-hydrogen) atoms. The average Bonchev–Trinajstić information content (AvgIpc) is 2.94. The summed E-state index contributed by atoms with van der Waals surface area (Å²) in [7, 11) is 1.77. The highest BCUT2D eigenvalue weighted by molar-refractivity contribution is 6.17. The molecular formula is C17H22ClN3O3. The van der Waals surface area contributed by atoms with Gasteiger partial charge in [-0.05, 0) is 37.5 Å². The van der Waals surface area contributed by atoms with Crippen LogP contribution in [0.5, 0.6) is 0 Å². The van der Waals surface area contributed by atoms with Gasteiger partial charge in [-0.15, -0.1) is 16.7 Å². The number of rotatable bonds is 7. The summed E-state index contributed by atoms with van der Waals surface area (Å²) in [6, 6.07) is 5.73. The Labute approximate surface area is 146 Å². The van der Waals surface area contributed by atoms with Gasteiger partial charge < -0.3 is 9.84 Å². The summed E-state index contributed by atoms with van der Waals surface area (Å²) in [5.74, 6) is -0.566. The van der Waals surface area contributed by atoms with Crippen LogP contribution in [0.4, 0.5) is 0 Å². The fourth-order valence-corrected chi connectivity index (χ4v) is 2.75. The Hall–Kier alpha value is -1.92. The highest BCUT2D eigenvalue weighted by atomic mass is 35.5. The van der Waals surface area contributed by atoms with Crippen molar-refractivity contribution in [3.63, 3.8) is 0 Å². The lowest BCUT2D eigenvalue weighted by Crippen LogP contribution is -2.33. The minimum atomic E-state index is -1.11. The molecule has 2 aromatic rings. The molecule has 0 saturated heterocycles. The van der Waals surface area contributed by atoms with E-state index < -0.39 is 17.5 Å². The smallest absolute Gasteiger partial charge is 0.312 e. The number of hydrogen-bond donors (Lipinski definition) is 1. The van der Waals surface area contributed by atoms with Crippen molar-refractivity contribution < 1.29 is 14.6 Å². The third-order valence-corrected chi connectivity index (χ3v) is 4.36. The highest BCUT2D eigenvalue weighted by Crippen LogP contribution is 2.38. The van der Waals surface area contributed by atoms with Gasteiger partial charge in [0.2, 0.25) is 0 Å². The first kappa shape index (κ1) is 18.4. The number of carboxylic acid groups (broad SMARTS) is 1. The quantitative estimate of drug-likeness (QED) is 0.775. The second-order valence-corrected chi connectivity index (χ2v) is 6.69. The monoisotopic (exact) mass is 351 g/mol. The van der Waals surface area contributed by atoms with Crippen molar-refractivity contribution in [1.82, 2.24) is 15.0 Å². The van der Waals surface area contributed by atoms with Crippen LogP contribution >= 0.6 is 11.6 Å². The lowest BCUT2D eigenvalue weighted by Gasteiger charge is -2.31. The Morgan fingerprint density at radius 3 is 2.71 bits per heavy atom. The van der Waals surface area contributed by atoms with Crippen molar-refractivity contribution in [2.75, 3.05) is 0 Å². The Bertz CT molecular complexity index is 728. The second-order valence-electron chi connectivity index (χ2n) is 6.42. The lowest BCUT2D eigenvalue weighted by atomic mass is 9.82. The number of aryl methyl sites for hydroxylation is 2. The fraction of sp³-hybridized carbons (Fsp3) is 0.471. The largest absolute Gasteiger partial charge is 0.481 e. The summed E-state index contributed by atoms with van der Waals surface area (Å²) in [5, 5.41) is 17.4. The molecule has 1 aromatic heterocycles. The van der Waals surface area contributed by atoms with Gasteiger partial charge in [-0.25, -0.2) is 0 Å². The molecule has 1 aromatic carbocycles. The molecule has 2 rings (SSSR count). The van der Waals surface area contributed by atoms with E-state index in [9.17, 15) is 9.90 Å². The molecule has 130 valence electrons. The van der Waals surface area contributed by atoms with Crippen LogP contribution in [-0.4, -0.2) is 26.1 Å². The van der Waals surface area contributed by atoms with Gasteiger partial charge in [-0.1, -0.05) is 23.4 Å². The van der Waals surface area contributed by atoms with E-state index in [1.807, 2.05) is 25.1 Å². The van der Waals surface area contributed by atoms with E-state index in [1.54, 1.807) is 31.8 Å². The third-order valence-electron chi connectivity index (χ3n) is 4.07. The number of halogens is 1. The van der Waals surface area contributed by atoms with Gasteiger partial charge in [0.15, 0.2) is 0 Å². The molecule has 0 aliphatic rings. The van der Waals surface area contributed by atoms with Crippen molar-refractivity contribution in [2.24, 2.45) is 12.5 Å². The van der Waals surface area contributed by atoms with Gasteiger partial charge in [-0.2, -0.15) is 0 Å². The lowest BCUT2D eigenvalue weighted by molar-refractivity contribution is -0.158. The summed E-state index contributed by atoms with van der Waals surface area (Å²) in [6.45, 7) is 5.45. The van der Waals surface area contributed by atoms with E-state index in [1.165, 1.54) is 0 Å². The van der Waals surface area contributed by atoms with Crippen LogP contribution in [0.2, 0.25) is 0 Å². The van der Waals surface area contributed by atoms with E-state index >= 15 is 0 Å². The van der Waals surface area contributed by atoms with Gasteiger partial charge in [0, 0.05) is 12.9 Å². The molecule has 0 aliphatic heterocycles. The first-order valence-electron chi connectivity index (χ1n) is 7.61. The van der Waals surface area contributed by atoms with Crippen LogP contribution in [0.15, 0.2) is 24.4 Å². The number of nitrogens with zero attached hydrogens (tertiary/aromatic N) is 3. The van der Waals surface area contributed by atoms with Crippen LogP contribution < -0.4 is 0 Å². The predicted octanol–water partition coefficient (Wildman–Crippen LogP) is 3.23. The maximum atomic E-state index is 11.7. The van der Waals surface area contributed by atoms with Crippen molar-refractivity contribution in [1.29, 1.82) is 0 Å². The minimum absolute atomic E-state index is 0.180. The van der Waals surface area contributed by atoms with Gasteiger partial charge >= 0.3 is 5.97 Å². The van der Waals surface area contributed by atoms with Crippen LogP contribution in [0.1, 0.15) is 42.3 Å². The SMILES string of the molecule is Cc1ccc(C(OCc2cn(C)nn2)C(C)(C)C(=O)O)cc1CCl.